The van der Waals surface area contributed by atoms with Crippen LogP contribution in [0.1, 0.15) is 37.8 Å². The molecule has 2 aromatic rings. The second-order valence-corrected chi connectivity index (χ2v) is 6.12. The van der Waals surface area contributed by atoms with Crippen molar-refractivity contribution >= 4 is 11.9 Å². The minimum atomic E-state index is -0.983. The number of aromatic hydroxyl groups is 1. The van der Waals surface area contributed by atoms with Crippen molar-refractivity contribution in [1.29, 1.82) is 0 Å². The van der Waals surface area contributed by atoms with Crippen LogP contribution in [0.4, 0.5) is 0 Å². The van der Waals surface area contributed by atoms with E-state index >= 15 is 0 Å². The molecule has 0 amide bonds. The quantitative estimate of drug-likeness (QED) is 0.454. The number of aryl methyl sites for hydroxylation is 2. The highest BCUT2D eigenvalue weighted by Gasteiger charge is 2.11. The minimum absolute atomic E-state index is 0.205. The lowest BCUT2D eigenvalue weighted by Gasteiger charge is -2.05. The number of phenolic OH excluding ortho intramolecular Hbond substituents is 1. The largest absolute Gasteiger partial charge is 0.508 e. The van der Waals surface area contributed by atoms with Crippen molar-refractivity contribution in [2.45, 2.75) is 51.6 Å². The number of carboxylic acid groups (broad SMARTS) is 2. The Hall–Kier alpha value is -2.90. The molecule has 2 atom stereocenters. The molecule has 0 aliphatic carbocycles. The summed E-state index contributed by atoms with van der Waals surface area (Å²) in [4.78, 5) is 20.8. The van der Waals surface area contributed by atoms with Gasteiger partial charge in [-0.1, -0.05) is 56.3 Å². The highest BCUT2D eigenvalue weighted by Crippen LogP contribution is 2.11. The third kappa shape index (κ3) is 12.2. The molecule has 0 saturated heterocycles. The molecule has 0 aliphatic heterocycles. The van der Waals surface area contributed by atoms with E-state index in [0.717, 1.165) is 11.1 Å². The number of benzene rings is 2. The smallest absolute Gasteiger partial charge is 0.320 e. The summed E-state index contributed by atoms with van der Waals surface area (Å²) in [5, 5.41) is 26.1. The van der Waals surface area contributed by atoms with Gasteiger partial charge in [-0.05, 0) is 48.9 Å². The lowest BCUT2D eigenvalue weighted by molar-refractivity contribution is -0.139. The van der Waals surface area contributed by atoms with Gasteiger partial charge in [0, 0.05) is 0 Å². The van der Waals surface area contributed by atoms with Gasteiger partial charge in [0.2, 0.25) is 0 Å². The second-order valence-electron chi connectivity index (χ2n) is 6.12. The summed E-state index contributed by atoms with van der Waals surface area (Å²) in [6.07, 6.45) is 2.21. The van der Waals surface area contributed by atoms with Crippen LogP contribution >= 0.6 is 0 Å². The van der Waals surface area contributed by atoms with Gasteiger partial charge in [-0.3, -0.25) is 9.59 Å². The molecular weight excluding hydrogens is 372 g/mol. The number of aliphatic carboxylic acids is 2. The first-order valence-electron chi connectivity index (χ1n) is 9.58. The van der Waals surface area contributed by atoms with E-state index < -0.39 is 24.0 Å². The SMILES string of the molecule is CC.NC(CCc1ccc(O)cc1)C(=O)O.NC(CCc1ccccc1)C(=O)O. The summed E-state index contributed by atoms with van der Waals surface area (Å²) in [6, 6.07) is 14.8. The van der Waals surface area contributed by atoms with Crippen LogP contribution in [0.25, 0.3) is 0 Å². The van der Waals surface area contributed by atoms with Crippen molar-refractivity contribution in [3.05, 3.63) is 65.7 Å². The van der Waals surface area contributed by atoms with E-state index in [9.17, 15) is 9.59 Å². The molecule has 160 valence electrons. The van der Waals surface area contributed by atoms with Crippen molar-refractivity contribution in [2.75, 3.05) is 0 Å². The van der Waals surface area contributed by atoms with E-state index in [1.54, 1.807) is 24.3 Å². The number of phenols is 1. The van der Waals surface area contributed by atoms with Crippen molar-refractivity contribution in [1.82, 2.24) is 0 Å². The van der Waals surface area contributed by atoms with E-state index in [2.05, 4.69) is 0 Å². The first kappa shape index (κ1) is 26.1. The molecule has 0 fully saturated rings. The molecule has 7 nitrogen and oxygen atoms in total. The van der Waals surface area contributed by atoms with Crippen LogP contribution in [0, 0.1) is 0 Å². The highest BCUT2D eigenvalue weighted by molar-refractivity contribution is 5.73. The molecule has 0 aromatic heterocycles. The monoisotopic (exact) mass is 404 g/mol. The van der Waals surface area contributed by atoms with Crippen LogP contribution in [-0.4, -0.2) is 39.3 Å². The Balaban J connectivity index is 0.000000499. The van der Waals surface area contributed by atoms with Gasteiger partial charge in [0.1, 0.15) is 17.8 Å². The fourth-order valence-electron chi connectivity index (χ4n) is 2.20. The predicted octanol–water partition coefficient (Wildman–Crippen LogP) is 2.79. The number of carboxylic acids is 2. The first-order chi connectivity index (χ1) is 13.8. The Morgan fingerprint density at radius 2 is 1.14 bits per heavy atom. The Labute approximate surface area is 172 Å². The van der Waals surface area contributed by atoms with Gasteiger partial charge in [-0.2, -0.15) is 0 Å². The van der Waals surface area contributed by atoms with Gasteiger partial charge < -0.3 is 26.8 Å². The van der Waals surface area contributed by atoms with E-state index in [4.69, 9.17) is 26.8 Å². The molecule has 0 heterocycles. The number of hydrogen-bond acceptors (Lipinski definition) is 5. The first-order valence-corrected chi connectivity index (χ1v) is 9.58. The molecule has 2 unspecified atom stereocenters. The Bertz CT molecular complexity index is 705. The minimum Gasteiger partial charge on any atom is -0.508 e. The zero-order valence-electron chi connectivity index (χ0n) is 17.0. The maximum Gasteiger partial charge on any atom is 0.320 e. The molecule has 29 heavy (non-hydrogen) atoms. The molecule has 0 radical (unpaired) electrons. The topological polar surface area (TPSA) is 147 Å². The number of rotatable bonds is 8. The summed E-state index contributed by atoms with van der Waals surface area (Å²) >= 11 is 0. The molecular formula is C22H32N2O5. The maximum absolute atomic E-state index is 10.4. The maximum atomic E-state index is 10.4. The average Bonchev–Trinajstić information content (AvgIpc) is 2.73. The van der Waals surface area contributed by atoms with Crippen LogP contribution in [0.15, 0.2) is 54.6 Å². The van der Waals surface area contributed by atoms with Gasteiger partial charge in [0.05, 0.1) is 0 Å². The third-order valence-corrected chi connectivity index (χ3v) is 3.90. The Morgan fingerprint density at radius 3 is 1.52 bits per heavy atom. The summed E-state index contributed by atoms with van der Waals surface area (Å²) in [5.41, 5.74) is 12.8. The van der Waals surface area contributed by atoms with Crippen molar-refractivity contribution in [3.8, 4) is 5.75 Å². The average molecular weight is 405 g/mol. The lowest BCUT2D eigenvalue weighted by atomic mass is 10.1. The van der Waals surface area contributed by atoms with Crippen LogP contribution in [0.3, 0.4) is 0 Å². The van der Waals surface area contributed by atoms with Gasteiger partial charge in [-0.15, -0.1) is 0 Å². The molecule has 2 aromatic carbocycles. The zero-order chi connectivity index (χ0) is 22.2. The van der Waals surface area contributed by atoms with Crippen LogP contribution < -0.4 is 11.5 Å². The molecule has 7 N–H and O–H groups in total. The standard InChI is InChI=1S/C10H13NO3.C10H13NO2.C2H6/c11-9(10(13)14)6-3-7-1-4-8(12)5-2-7;11-9(10(12)13)7-6-8-4-2-1-3-5-8;1-2/h1-2,4-5,9,12H,3,6,11H2,(H,13,14);1-5,9H,6-7,11H2,(H,12,13);1-2H3. The number of hydrogen-bond donors (Lipinski definition) is 5. The molecule has 2 rings (SSSR count). The summed E-state index contributed by atoms with van der Waals surface area (Å²) in [7, 11) is 0. The van der Waals surface area contributed by atoms with Crippen LogP contribution in [-0.2, 0) is 22.4 Å². The Kier molecular flexibility index (Phi) is 13.6. The van der Waals surface area contributed by atoms with Gasteiger partial charge in [-0.25, -0.2) is 0 Å². The van der Waals surface area contributed by atoms with Crippen molar-refractivity contribution < 1.29 is 24.9 Å². The molecule has 7 heteroatoms. The molecule has 0 spiro atoms. The second kappa shape index (κ2) is 15.1. The van der Waals surface area contributed by atoms with Crippen LogP contribution in [0.2, 0.25) is 0 Å². The Morgan fingerprint density at radius 1 is 0.759 bits per heavy atom. The summed E-state index contributed by atoms with van der Waals surface area (Å²) < 4.78 is 0. The van der Waals surface area contributed by atoms with E-state index in [1.165, 1.54) is 0 Å². The number of carbonyl (C=O) groups is 2. The van der Waals surface area contributed by atoms with Gasteiger partial charge in [0.25, 0.3) is 0 Å². The zero-order valence-corrected chi connectivity index (χ0v) is 17.0. The lowest BCUT2D eigenvalue weighted by Crippen LogP contribution is -2.30. The van der Waals surface area contributed by atoms with Crippen molar-refractivity contribution in [2.24, 2.45) is 11.5 Å². The fourth-order valence-corrected chi connectivity index (χ4v) is 2.20. The third-order valence-electron chi connectivity index (χ3n) is 3.90. The van der Waals surface area contributed by atoms with Crippen LogP contribution in [0.5, 0.6) is 5.75 Å². The van der Waals surface area contributed by atoms with Gasteiger partial charge in [0.15, 0.2) is 0 Å². The van der Waals surface area contributed by atoms with E-state index in [-0.39, 0.29) is 5.75 Å². The summed E-state index contributed by atoms with van der Waals surface area (Å²) in [6.45, 7) is 4.00. The summed E-state index contributed by atoms with van der Waals surface area (Å²) in [5.74, 6) is -1.71. The van der Waals surface area contributed by atoms with E-state index in [1.807, 2.05) is 44.2 Å². The number of nitrogens with two attached hydrogens (primary N) is 2. The molecule has 0 saturated carbocycles. The fraction of sp³-hybridized carbons (Fsp3) is 0.364. The predicted molar refractivity (Wildman–Crippen MR) is 114 cm³/mol. The van der Waals surface area contributed by atoms with E-state index in [0.29, 0.717) is 25.7 Å². The van der Waals surface area contributed by atoms with Crippen molar-refractivity contribution in [3.63, 3.8) is 0 Å². The molecule has 0 aliphatic rings. The molecule has 0 bridgehead atoms. The van der Waals surface area contributed by atoms with Gasteiger partial charge >= 0.3 is 11.9 Å². The highest BCUT2D eigenvalue weighted by atomic mass is 16.4. The normalized spacial score (nSPS) is 11.7.